The molecule has 8 heteroatoms. The number of rotatable bonds is 9. The number of halogens is 1. The van der Waals surface area contributed by atoms with Crippen LogP contribution in [0.15, 0.2) is 54.6 Å². The number of amides is 1. The monoisotopic (exact) mass is 478 g/mol. The van der Waals surface area contributed by atoms with E-state index in [4.69, 9.17) is 9.47 Å². The minimum Gasteiger partial charge on any atom is -0.490 e. The number of nitrogens with zero attached hydrogens (tertiary/aromatic N) is 3. The predicted molar refractivity (Wildman–Crippen MR) is 133 cm³/mol. The molecule has 0 saturated carbocycles. The third kappa shape index (κ3) is 6.26. The van der Waals surface area contributed by atoms with Gasteiger partial charge < -0.3 is 19.7 Å². The van der Waals surface area contributed by atoms with Crippen molar-refractivity contribution in [1.82, 2.24) is 15.5 Å². The van der Waals surface area contributed by atoms with Crippen molar-refractivity contribution in [2.75, 3.05) is 31.2 Å². The molecule has 1 atom stereocenters. The fourth-order valence-corrected chi connectivity index (χ4v) is 4.21. The van der Waals surface area contributed by atoms with E-state index in [1.54, 1.807) is 12.1 Å². The van der Waals surface area contributed by atoms with Gasteiger partial charge in [0.25, 0.3) is 0 Å². The molecule has 0 aliphatic carbocycles. The summed E-state index contributed by atoms with van der Waals surface area (Å²) in [6.45, 7) is 6.81. The molecule has 184 valence electrons. The van der Waals surface area contributed by atoms with Gasteiger partial charge in [0.1, 0.15) is 5.82 Å². The van der Waals surface area contributed by atoms with Crippen LogP contribution in [-0.4, -0.2) is 42.4 Å². The van der Waals surface area contributed by atoms with Crippen LogP contribution in [0.2, 0.25) is 0 Å². The van der Waals surface area contributed by atoms with Crippen molar-refractivity contribution in [3.8, 4) is 22.8 Å². The standard InChI is InChI=1S/C27H31FN4O3/c1-3-34-24-13-7-19(16-25(24)35-4-2)17-29-27(33)21-6-5-15-32(18-21)26-14-12-23(30-31-26)20-8-10-22(28)11-9-20/h7-14,16,21H,3-6,15,17-18H2,1-2H3,(H,29,33)/t21-/m0/s1. The molecule has 0 spiro atoms. The van der Waals surface area contributed by atoms with Gasteiger partial charge in [0.2, 0.25) is 5.91 Å². The second-order valence-corrected chi connectivity index (χ2v) is 8.43. The van der Waals surface area contributed by atoms with Crippen LogP contribution >= 0.6 is 0 Å². The average molecular weight is 479 g/mol. The van der Waals surface area contributed by atoms with Crippen molar-refractivity contribution in [3.63, 3.8) is 0 Å². The molecule has 2 heterocycles. The van der Waals surface area contributed by atoms with E-state index in [9.17, 15) is 9.18 Å². The quantitative estimate of drug-likeness (QED) is 0.484. The highest BCUT2D eigenvalue weighted by molar-refractivity contribution is 5.79. The summed E-state index contributed by atoms with van der Waals surface area (Å²) >= 11 is 0. The smallest absolute Gasteiger partial charge is 0.225 e. The Labute approximate surface area is 205 Å². The van der Waals surface area contributed by atoms with E-state index >= 15 is 0 Å². The first-order valence-corrected chi connectivity index (χ1v) is 12.1. The molecule has 35 heavy (non-hydrogen) atoms. The zero-order chi connectivity index (χ0) is 24.6. The summed E-state index contributed by atoms with van der Waals surface area (Å²) in [5.74, 6) is 1.75. The molecule has 0 bridgehead atoms. The molecular formula is C27H31FN4O3. The minimum atomic E-state index is -0.284. The fraction of sp³-hybridized carbons (Fsp3) is 0.370. The van der Waals surface area contributed by atoms with Crippen LogP contribution in [0.25, 0.3) is 11.3 Å². The molecule has 1 fully saturated rings. The maximum atomic E-state index is 13.2. The van der Waals surface area contributed by atoms with Gasteiger partial charge in [-0.3, -0.25) is 4.79 Å². The van der Waals surface area contributed by atoms with E-state index in [-0.39, 0.29) is 17.6 Å². The lowest BCUT2D eigenvalue weighted by Crippen LogP contribution is -2.43. The molecule has 0 radical (unpaired) electrons. The number of ether oxygens (including phenoxy) is 2. The predicted octanol–water partition coefficient (Wildman–Crippen LogP) is 4.61. The largest absolute Gasteiger partial charge is 0.490 e. The Balaban J connectivity index is 1.35. The molecule has 3 aromatic rings. The molecule has 1 aliphatic rings. The first kappa shape index (κ1) is 24.4. The van der Waals surface area contributed by atoms with Crippen molar-refractivity contribution in [2.45, 2.75) is 33.2 Å². The van der Waals surface area contributed by atoms with Gasteiger partial charge in [0.15, 0.2) is 17.3 Å². The van der Waals surface area contributed by atoms with E-state index < -0.39 is 0 Å². The number of carbonyl (C=O) groups excluding carboxylic acids is 1. The highest BCUT2D eigenvalue weighted by Gasteiger charge is 2.26. The van der Waals surface area contributed by atoms with E-state index in [1.165, 1.54) is 12.1 Å². The van der Waals surface area contributed by atoms with Gasteiger partial charge >= 0.3 is 0 Å². The molecule has 2 aromatic carbocycles. The Morgan fingerprint density at radius 3 is 2.51 bits per heavy atom. The van der Waals surface area contributed by atoms with Crippen LogP contribution in [0.3, 0.4) is 0 Å². The van der Waals surface area contributed by atoms with Gasteiger partial charge in [0, 0.05) is 25.2 Å². The normalized spacial score (nSPS) is 15.5. The Bertz CT molecular complexity index is 1120. The third-order valence-corrected chi connectivity index (χ3v) is 5.98. The number of anilines is 1. The summed E-state index contributed by atoms with van der Waals surface area (Å²) in [5, 5.41) is 11.7. The Morgan fingerprint density at radius 2 is 1.80 bits per heavy atom. The Hall–Kier alpha value is -3.68. The summed E-state index contributed by atoms with van der Waals surface area (Å²) in [5.41, 5.74) is 2.45. The highest BCUT2D eigenvalue weighted by Crippen LogP contribution is 2.29. The van der Waals surface area contributed by atoms with Crippen LogP contribution in [-0.2, 0) is 11.3 Å². The van der Waals surface area contributed by atoms with Gasteiger partial charge in [-0.05, 0) is 80.8 Å². The Kier molecular flexibility index (Phi) is 8.13. The zero-order valence-corrected chi connectivity index (χ0v) is 20.2. The number of benzene rings is 2. The van der Waals surface area contributed by atoms with E-state index in [0.29, 0.717) is 43.5 Å². The molecule has 1 amide bonds. The topological polar surface area (TPSA) is 76.6 Å². The third-order valence-electron chi connectivity index (χ3n) is 5.98. The second-order valence-electron chi connectivity index (χ2n) is 8.43. The van der Waals surface area contributed by atoms with Crippen molar-refractivity contribution in [2.24, 2.45) is 5.92 Å². The lowest BCUT2D eigenvalue weighted by atomic mass is 9.97. The highest BCUT2D eigenvalue weighted by atomic mass is 19.1. The molecular weight excluding hydrogens is 447 g/mol. The number of hydrogen-bond donors (Lipinski definition) is 1. The van der Waals surface area contributed by atoms with E-state index in [2.05, 4.69) is 20.4 Å². The van der Waals surface area contributed by atoms with Crippen LogP contribution in [0.5, 0.6) is 11.5 Å². The van der Waals surface area contributed by atoms with Crippen LogP contribution in [0.4, 0.5) is 10.2 Å². The molecule has 1 aromatic heterocycles. The SMILES string of the molecule is CCOc1ccc(CNC(=O)[C@H]2CCCN(c3ccc(-c4ccc(F)cc4)nn3)C2)cc1OCC. The van der Waals surface area contributed by atoms with Crippen molar-refractivity contribution in [1.29, 1.82) is 0 Å². The number of piperidine rings is 1. The van der Waals surface area contributed by atoms with Crippen LogP contribution in [0, 0.1) is 11.7 Å². The summed E-state index contributed by atoms with van der Waals surface area (Å²) in [4.78, 5) is 15.0. The molecule has 4 rings (SSSR count). The fourth-order valence-electron chi connectivity index (χ4n) is 4.21. The lowest BCUT2D eigenvalue weighted by molar-refractivity contribution is -0.125. The van der Waals surface area contributed by atoms with Gasteiger partial charge in [-0.15, -0.1) is 10.2 Å². The first-order chi connectivity index (χ1) is 17.1. The lowest BCUT2D eigenvalue weighted by Gasteiger charge is -2.32. The maximum absolute atomic E-state index is 13.2. The van der Waals surface area contributed by atoms with Gasteiger partial charge in [-0.2, -0.15) is 0 Å². The Morgan fingerprint density at radius 1 is 1.03 bits per heavy atom. The van der Waals surface area contributed by atoms with E-state index in [1.807, 2.05) is 44.2 Å². The van der Waals surface area contributed by atoms with Crippen LogP contribution < -0.4 is 19.7 Å². The first-order valence-electron chi connectivity index (χ1n) is 12.1. The summed E-state index contributed by atoms with van der Waals surface area (Å²) in [6.07, 6.45) is 1.73. The number of hydrogen-bond acceptors (Lipinski definition) is 6. The molecule has 1 aliphatic heterocycles. The van der Waals surface area contributed by atoms with E-state index in [0.717, 1.165) is 36.3 Å². The maximum Gasteiger partial charge on any atom is 0.225 e. The van der Waals surface area contributed by atoms with Crippen LogP contribution in [0.1, 0.15) is 32.3 Å². The molecule has 0 unspecified atom stereocenters. The van der Waals surface area contributed by atoms with Gasteiger partial charge in [-0.25, -0.2) is 4.39 Å². The number of nitrogens with one attached hydrogen (secondary N) is 1. The van der Waals surface area contributed by atoms with Gasteiger partial charge in [0.05, 0.1) is 24.8 Å². The molecule has 7 nitrogen and oxygen atoms in total. The molecule has 1 saturated heterocycles. The minimum absolute atomic E-state index is 0.0254. The summed E-state index contributed by atoms with van der Waals surface area (Å²) in [7, 11) is 0. The van der Waals surface area contributed by atoms with Crippen molar-refractivity contribution < 1.29 is 18.7 Å². The molecule has 1 N–H and O–H groups in total. The van der Waals surface area contributed by atoms with Crippen molar-refractivity contribution in [3.05, 3.63) is 66.0 Å². The zero-order valence-electron chi connectivity index (χ0n) is 20.2. The van der Waals surface area contributed by atoms with Crippen molar-refractivity contribution >= 4 is 11.7 Å². The summed E-state index contributed by atoms with van der Waals surface area (Å²) < 4.78 is 24.5. The second kappa shape index (κ2) is 11.6. The number of aromatic nitrogens is 2. The number of carbonyl (C=O) groups is 1. The summed E-state index contributed by atoms with van der Waals surface area (Å²) in [6, 6.07) is 15.7. The average Bonchev–Trinajstić information content (AvgIpc) is 2.89. The van der Waals surface area contributed by atoms with Gasteiger partial charge in [-0.1, -0.05) is 6.07 Å².